The fourth-order valence-electron chi connectivity index (χ4n) is 1.72. The highest BCUT2D eigenvalue weighted by atomic mass is 16.5. The van der Waals surface area contributed by atoms with Crippen LogP contribution in [0.5, 0.6) is 5.75 Å². The van der Waals surface area contributed by atoms with Gasteiger partial charge in [-0.2, -0.15) is 0 Å². The van der Waals surface area contributed by atoms with Crippen molar-refractivity contribution >= 4 is 18.1 Å². The normalized spacial score (nSPS) is 10.9. The molecule has 3 nitrogen and oxygen atoms in total. The zero-order valence-corrected chi connectivity index (χ0v) is 11.8. The minimum absolute atomic E-state index is 0.163. The number of rotatable bonds is 5. The maximum atomic E-state index is 11.6. The van der Waals surface area contributed by atoms with Crippen LogP contribution in [0.4, 0.5) is 0 Å². The van der Waals surface area contributed by atoms with Gasteiger partial charge in [0.1, 0.15) is 5.75 Å². The third kappa shape index (κ3) is 4.99. The number of carbonyl (C=O) groups is 1. The van der Waals surface area contributed by atoms with E-state index >= 15 is 0 Å². The van der Waals surface area contributed by atoms with Gasteiger partial charge in [0.25, 0.3) is 0 Å². The van der Waals surface area contributed by atoms with E-state index in [9.17, 15) is 4.79 Å². The zero-order valence-electron chi connectivity index (χ0n) is 11.8. The van der Waals surface area contributed by atoms with Crippen LogP contribution in [0.1, 0.15) is 11.1 Å². The molecule has 2 aromatic carbocycles. The molecule has 2 aromatic rings. The van der Waals surface area contributed by atoms with Crippen molar-refractivity contribution in [3.05, 3.63) is 78.0 Å². The standard InChI is InChI=1S/C18H17NO2/c1-21-17-10-7-16(8-11-17)13-14-19-18(20)12-9-15-5-3-2-4-6-15/h2-14H,1H3,(H,19,20)/b12-9+,14-13+. The first-order valence-electron chi connectivity index (χ1n) is 6.62. The minimum Gasteiger partial charge on any atom is -0.497 e. The largest absolute Gasteiger partial charge is 0.497 e. The molecule has 0 unspecified atom stereocenters. The SMILES string of the molecule is COc1ccc(/C=C/NC(=O)/C=C/c2ccccc2)cc1. The van der Waals surface area contributed by atoms with Gasteiger partial charge in [0, 0.05) is 12.3 Å². The number of methoxy groups -OCH3 is 1. The quantitative estimate of drug-likeness (QED) is 0.851. The molecule has 2 rings (SSSR count). The van der Waals surface area contributed by atoms with Crippen LogP contribution in [-0.4, -0.2) is 13.0 Å². The average molecular weight is 279 g/mol. The monoisotopic (exact) mass is 279 g/mol. The lowest BCUT2D eigenvalue weighted by atomic mass is 10.2. The molecule has 0 aliphatic heterocycles. The van der Waals surface area contributed by atoms with Gasteiger partial charge in [-0.05, 0) is 35.4 Å². The second-order valence-electron chi connectivity index (χ2n) is 4.36. The van der Waals surface area contributed by atoms with Gasteiger partial charge < -0.3 is 10.1 Å². The van der Waals surface area contributed by atoms with E-state index in [0.717, 1.165) is 16.9 Å². The second kappa shape index (κ2) is 7.70. The molecule has 0 aliphatic carbocycles. The third-order valence-corrected chi connectivity index (χ3v) is 2.84. The zero-order chi connectivity index (χ0) is 14.9. The molecule has 0 saturated heterocycles. The van der Waals surface area contributed by atoms with Crippen LogP contribution in [0.2, 0.25) is 0 Å². The summed E-state index contributed by atoms with van der Waals surface area (Å²) in [6.45, 7) is 0. The molecule has 0 bridgehead atoms. The topological polar surface area (TPSA) is 38.3 Å². The Bertz CT molecular complexity index is 628. The molecule has 0 fully saturated rings. The Hall–Kier alpha value is -2.81. The Morgan fingerprint density at radius 1 is 0.952 bits per heavy atom. The molecule has 1 N–H and O–H groups in total. The van der Waals surface area contributed by atoms with Crippen LogP contribution in [0.15, 0.2) is 66.9 Å². The molecular weight excluding hydrogens is 262 g/mol. The number of hydrogen-bond donors (Lipinski definition) is 1. The van der Waals surface area contributed by atoms with E-state index in [0.29, 0.717) is 0 Å². The van der Waals surface area contributed by atoms with Crippen LogP contribution < -0.4 is 10.1 Å². The van der Waals surface area contributed by atoms with Gasteiger partial charge in [-0.15, -0.1) is 0 Å². The maximum Gasteiger partial charge on any atom is 0.247 e. The number of ether oxygens (including phenoxy) is 1. The van der Waals surface area contributed by atoms with Gasteiger partial charge in [-0.3, -0.25) is 4.79 Å². The Balaban J connectivity index is 1.85. The molecule has 0 aliphatic rings. The van der Waals surface area contributed by atoms with E-state index in [4.69, 9.17) is 4.74 Å². The molecule has 0 atom stereocenters. The molecule has 0 spiro atoms. The summed E-state index contributed by atoms with van der Waals surface area (Å²) in [5.74, 6) is 0.644. The van der Waals surface area contributed by atoms with Crippen LogP contribution >= 0.6 is 0 Å². The van der Waals surface area contributed by atoms with Crippen molar-refractivity contribution in [2.24, 2.45) is 0 Å². The molecule has 0 heterocycles. The van der Waals surface area contributed by atoms with Gasteiger partial charge in [-0.1, -0.05) is 42.5 Å². The lowest BCUT2D eigenvalue weighted by molar-refractivity contribution is -0.115. The third-order valence-electron chi connectivity index (χ3n) is 2.84. The molecule has 3 heteroatoms. The molecule has 0 radical (unpaired) electrons. The number of amides is 1. The summed E-state index contributed by atoms with van der Waals surface area (Å²) >= 11 is 0. The predicted octanol–water partition coefficient (Wildman–Crippen LogP) is 3.50. The van der Waals surface area contributed by atoms with Crippen molar-refractivity contribution in [2.45, 2.75) is 0 Å². The molecule has 106 valence electrons. The van der Waals surface area contributed by atoms with Gasteiger partial charge in [-0.25, -0.2) is 0 Å². The smallest absolute Gasteiger partial charge is 0.247 e. The Kier molecular flexibility index (Phi) is 5.35. The van der Waals surface area contributed by atoms with Gasteiger partial charge in [0.05, 0.1) is 7.11 Å². The van der Waals surface area contributed by atoms with Crippen molar-refractivity contribution < 1.29 is 9.53 Å². The van der Waals surface area contributed by atoms with Gasteiger partial charge in [0.2, 0.25) is 5.91 Å². The van der Waals surface area contributed by atoms with E-state index in [-0.39, 0.29) is 5.91 Å². The summed E-state index contributed by atoms with van der Waals surface area (Å²) in [6.07, 6.45) is 6.73. The van der Waals surface area contributed by atoms with E-state index in [1.807, 2.05) is 60.7 Å². The number of carbonyl (C=O) groups excluding carboxylic acids is 1. The Labute approximate surface area is 124 Å². The molecular formula is C18H17NO2. The van der Waals surface area contributed by atoms with E-state index in [1.165, 1.54) is 6.08 Å². The molecule has 0 saturated carbocycles. The van der Waals surface area contributed by atoms with Gasteiger partial charge in [0.15, 0.2) is 0 Å². The fourth-order valence-corrected chi connectivity index (χ4v) is 1.72. The summed E-state index contributed by atoms with van der Waals surface area (Å²) in [4.78, 5) is 11.6. The van der Waals surface area contributed by atoms with E-state index in [1.54, 1.807) is 19.4 Å². The fraction of sp³-hybridized carbons (Fsp3) is 0.0556. The van der Waals surface area contributed by atoms with E-state index < -0.39 is 0 Å². The summed E-state index contributed by atoms with van der Waals surface area (Å²) in [5, 5.41) is 2.69. The molecule has 0 aromatic heterocycles. The predicted molar refractivity (Wildman–Crippen MR) is 85.6 cm³/mol. The lowest BCUT2D eigenvalue weighted by Crippen LogP contribution is -2.13. The van der Waals surface area contributed by atoms with Crippen molar-refractivity contribution in [3.63, 3.8) is 0 Å². The minimum atomic E-state index is -0.163. The van der Waals surface area contributed by atoms with Crippen molar-refractivity contribution in [1.82, 2.24) is 5.32 Å². The number of nitrogens with one attached hydrogen (secondary N) is 1. The van der Waals surface area contributed by atoms with Gasteiger partial charge >= 0.3 is 0 Å². The first kappa shape index (κ1) is 14.6. The first-order chi connectivity index (χ1) is 10.3. The number of hydrogen-bond acceptors (Lipinski definition) is 2. The van der Waals surface area contributed by atoms with Crippen molar-refractivity contribution in [2.75, 3.05) is 7.11 Å². The van der Waals surface area contributed by atoms with Crippen LogP contribution in [0, 0.1) is 0 Å². The van der Waals surface area contributed by atoms with E-state index in [2.05, 4.69) is 5.32 Å². The molecule has 1 amide bonds. The first-order valence-corrected chi connectivity index (χ1v) is 6.62. The Morgan fingerprint density at radius 3 is 2.29 bits per heavy atom. The maximum absolute atomic E-state index is 11.6. The Morgan fingerprint density at radius 2 is 1.62 bits per heavy atom. The van der Waals surface area contributed by atoms with Crippen LogP contribution in [-0.2, 0) is 4.79 Å². The summed E-state index contributed by atoms with van der Waals surface area (Å²) in [5.41, 5.74) is 1.98. The van der Waals surface area contributed by atoms with Crippen LogP contribution in [0.25, 0.3) is 12.2 Å². The summed E-state index contributed by atoms with van der Waals surface area (Å²) in [6, 6.07) is 17.3. The van der Waals surface area contributed by atoms with Crippen molar-refractivity contribution in [1.29, 1.82) is 0 Å². The highest BCUT2D eigenvalue weighted by Gasteiger charge is 1.92. The van der Waals surface area contributed by atoms with Crippen LogP contribution in [0.3, 0.4) is 0 Å². The summed E-state index contributed by atoms with van der Waals surface area (Å²) in [7, 11) is 1.63. The molecule has 21 heavy (non-hydrogen) atoms. The highest BCUT2D eigenvalue weighted by Crippen LogP contribution is 2.11. The summed E-state index contributed by atoms with van der Waals surface area (Å²) < 4.78 is 5.08. The average Bonchev–Trinajstić information content (AvgIpc) is 2.54. The second-order valence-corrected chi connectivity index (χ2v) is 4.36. The van der Waals surface area contributed by atoms with Crippen molar-refractivity contribution in [3.8, 4) is 5.75 Å². The highest BCUT2D eigenvalue weighted by molar-refractivity contribution is 5.92. The lowest BCUT2D eigenvalue weighted by Gasteiger charge is -1.99. The number of benzene rings is 2.